The van der Waals surface area contributed by atoms with E-state index in [1.165, 1.54) is 36.0 Å². The number of amides is 1. The van der Waals surface area contributed by atoms with Crippen molar-refractivity contribution < 1.29 is 13.9 Å². The summed E-state index contributed by atoms with van der Waals surface area (Å²) in [5.41, 5.74) is 2.53. The highest BCUT2D eigenvalue weighted by Crippen LogP contribution is 2.24. The first-order valence-corrected chi connectivity index (χ1v) is 10.9. The Balaban J connectivity index is 1.52. The molecule has 0 bridgehead atoms. The maximum Gasteiger partial charge on any atom is 0.234 e. The zero-order chi connectivity index (χ0) is 22.3. The summed E-state index contributed by atoms with van der Waals surface area (Å²) < 4.78 is 20.2. The topological polar surface area (TPSA) is 69.0 Å². The number of carbonyl (C=O) groups excluding carboxylic acids is 1. The molecule has 0 unspecified atom stereocenters. The molecule has 0 radical (unpaired) electrons. The third kappa shape index (κ3) is 5.33. The lowest BCUT2D eigenvalue weighted by Crippen LogP contribution is -2.14. The van der Waals surface area contributed by atoms with Crippen molar-refractivity contribution in [2.45, 2.75) is 11.6 Å². The van der Waals surface area contributed by atoms with E-state index in [1.807, 2.05) is 59.2 Å². The summed E-state index contributed by atoms with van der Waals surface area (Å²) >= 11 is 1.29. The molecule has 0 aliphatic heterocycles. The van der Waals surface area contributed by atoms with Crippen LogP contribution in [0, 0.1) is 5.82 Å². The number of benzene rings is 3. The molecule has 0 fully saturated rings. The van der Waals surface area contributed by atoms with Crippen LogP contribution in [0.3, 0.4) is 0 Å². The second-order valence-electron chi connectivity index (χ2n) is 6.94. The van der Waals surface area contributed by atoms with Crippen LogP contribution in [0.25, 0.3) is 5.69 Å². The molecule has 1 amide bonds. The number of para-hydroxylation sites is 1. The van der Waals surface area contributed by atoms with E-state index in [2.05, 4.69) is 15.5 Å². The molecule has 0 atom stereocenters. The number of ether oxygens (including phenoxy) is 1. The fourth-order valence-corrected chi connectivity index (χ4v) is 3.90. The van der Waals surface area contributed by atoms with Crippen molar-refractivity contribution in [3.63, 3.8) is 0 Å². The quantitative estimate of drug-likeness (QED) is 0.395. The van der Waals surface area contributed by atoms with E-state index in [0.717, 1.165) is 22.8 Å². The van der Waals surface area contributed by atoms with Gasteiger partial charge in [-0.1, -0.05) is 42.1 Å². The van der Waals surface area contributed by atoms with Crippen molar-refractivity contribution in [1.82, 2.24) is 14.8 Å². The van der Waals surface area contributed by atoms with Gasteiger partial charge in [0.05, 0.1) is 12.9 Å². The van der Waals surface area contributed by atoms with E-state index >= 15 is 0 Å². The largest absolute Gasteiger partial charge is 0.497 e. The molecule has 0 spiro atoms. The van der Waals surface area contributed by atoms with Crippen LogP contribution < -0.4 is 10.1 Å². The fourth-order valence-electron chi connectivity index (χ4n) is 3.13. The van der Waals surface area contributed by atoms with Crippen molar-refractivity contribution in [3.8, 4) is 11.4 Å². The molecule has 1 N–H and O–H groups in total. The normalized spacial score (nSPS) is 10.7. The summed E-state index contributed by atoms with van der Waals surface area (Å²) in [6.45, 7) is 0. The van der Waals surface area contributed by atoms with Gasteiger partial charge in [0, 0.05) is 17.8 Å². The monoisotopic (exact) mass is 448 g/mol. The average molecular weight is 449 g/mol. The summed E-state index contributed by atoms with van der Waals surface area (Å²) in [5.74, 6) is 1.15. The highest BCUT2D eigenvalue weighted by molar-refractivity contribution is 7.99. The van der Waals surface area contributed by atoms with Crippen LogP contribution in [-0.2, 0) is 11.2 Å². The molecule has 0 aliphatic carbocycles. The van der Waals surface area contributed by atoms with Gasteiger partial charge in [-0.05, 0) is 54.1 Å². The first-order chi connectivity index (χ1) is 15.6. The summed E-state index contributed by atoms with van der Waals surface area (Å²) in [7, 11) is 1.64. The van der Waals surface area contributed by atoms with Crippen molar-refractivity contribution >= 4 is 23.4 Å². The minimum atomic E-state index is -0.349. The van der Waals surface area contributed by atoms with Crippen LogP contribution in [0.5, 0.6) is 5.75 Å². The Morgan fingerprint density at radius 3 is 2.41 bits per heavy atom. The smallest absolute Gasteiger partial charge is 0.234 e. The second-order valence-corrected chi connectivity index (χ2v) is 7.88. The van der Waals surface area contributed by atoms with Gasteiger partial charge in [-0.3, -0.25) is 9.36 Å². The van der Waals surface area contributed by atoms with Crippen LogP contribution in [0.2, 0.25) is 0 Å². The van der Waals surface area contributed by atoms with Crippen LogP contribution in [0.4, 0.5) is 10.1 Å². The van der Waals surface area contributed by atoms with Crippen LogP contribution >= 0.6 is 11.8 Å². The van der Waals surface area contributed by atoms with Crippen LogP contribution in [0.15, 0.2) is 84.0 Å². The third-order valence-corrected chi connectivity index (χ3v) is 5.63. The van der Waals surface area contributed by atoms with Gasteiger partial charge >= 0.3 is 0 Å². The maximum absolute atomic E-state index is 13.1. The van der Waals surface area contributed by atoms with Gasteiger partial charge in [0.25, 0.3) is 0 Å². The number of nitrogens with one attached hydrogen (secondary N) is 1. The Kier molecular flexibility index (Phi) is 6.81. The van der Waals surface area contributed by atoms with Gasteiger partial charge < -0.3 is 10.1 Å². The number of nitrogens with zero attached hydrogens (tertiary/aromatic N) is 3. The van der Waals surface area contributed by atoms with Crippen LogP contribution in [-0.4, -0.2) is 33.5 Å². The zero-order valence-corrected chi connectivity index (χ0v) is 18.2. The molecule has 6 nitrogen and oxygen atoms in total. The van der Waals surface area contributed by atoms with E-state index in [1.54, 1.807) is 7.11 Å². The Hall–Kier alpha value is -3.65. The molecule has 0 aliphatic rings. The Bertz CT molecular complexity index is 1180. The third-order valence-electron chi connectivity index (χ3n) is 4.70. The molecule has 162 valence electrons. The number of anilines is 1. The molecule has 4 rings (SSSR count). The van der Waals surface area contributed by atoms with Crippen LogP contribution in [0.1, 0.15) is 11.4 Å². The number of methoxy groups -OCH3 is 1. The molecule has 4 aromatic rings. The van der Waals surface area contributed by atoms with Gasteiger partial charge in [0.1, 0.15) is 17.4 Å². The van der Waals surface area contributed by atoms with E-state index in [9.17, 15) is 9.18 Å². The van der Waals surface area contributed by atoms with Crippen molar-refractivity contribution in [1.29, 1.82) is 0 Å². The van der Waals surface area contributed by atoms with E-state index in [0.29, 0.717) is 17.3 Å². The lowest BCUT2D eigenvalue weighted by molar-refractivity contribution is -0.113. The van der Waals surface area contributed by atoms with Crippen molar-refractivity contribution in [2.75, 3.05) is 18.2 Å². The van der Waals surface area contributed by atoms with Gasteiger partial charge in [0.15, 0.2) is 5.16 Å². The lowest BCUT2D eigenvalue weighted by Gasteiger charge is -2.11. The molecular formula is C24H21FN4O2S. The predicted octanol–water partition coefficient (Wildman–Crippen LogP) is 4.74. The Labute approximate surface area is 189 Å². The highest BCUT2D eigenvalue weighted by Gasteiger charge is 2.16. The number of hydrogen-bond donors (Lipinski definition) is 1. The van der Waals surface area contributed by atoms with Gasteiger partial charge in [-0.2, -0.15) is 0 Å². The van der Waals surface area contributed by atoms with Crippen molar-refractivity contribution in [2.24, 2.45) is 0 Å². The number of thioether (sulfide) groups is 1. The zero-order valence-electron chi connectivity index (χ0n) is 17.4. The molecule has 8 heteroatoms. The number of hydrogen-bond acceptors (Lipinski definition) is 5. The summed E-state index contributed by atoms with van der Waals surface area (Å²) in [4.78, 5) is 12.4. The molecule has 32 heavy (non-hydrogen) atoms. The number of aromatic nitrogens is 3. The first-order valence-electron chi connectivity index (χ1n) is 9.93. The Morgan fingerprint density at radius 2 is 1.72 bits per heavy atom. The van der Waals surface area contributed by atoms with Gasteiger partial charge in [-0.15, -0.1) is 10.2 Å². The van der Waals surface area contributed by atoms with E-state index in [-0.39, 0.29) is 17.5 Å². The van der Waals surface area contributed by atoms with E-state index in [4.69, 9.17) is 4.74 Å². The highest BCUT2D eigenvalue weighted by atomic mass is 32.2. The number of rotatable bonds is 8. The van der Waals surface area contributed by atoms with Crippen molar-refractivity contribution in [3.05, 3.63) is 96.1 Å². The van der Waals surface area contributed by atoms with E-state index < -0.39 is 0 Å². The standard InChI is InChI=1S/C24H21FN4O2S/c1-31-21-13-7-17(8-14-21)15-22-27-28-24(29(22)20-5-3-2-4-6-20)32-16-23(30)26-19-11-9-18(25)10-12-19/h2-14H,15-16H2,1H3,(H,26,30). The molecular weight excluding hydrogens is 427 g/mol. The average Bonchev–Trinajstić information content (AvgIpc) is 3.22. The molecule has 0 saturated heterocycles. The number of carbonyl (C=O) groups is 1. The van der Waals surface area contributed by atoms with Gasteiger partial charge in [-0.25, -0.2) is 4.39 Å². The summed E-state index contributed by atoms with van der Waals surface area (Å²) in [5, 5.41) is 12.1. The second kappa shape index (κ2) is 10.1. The number of halogens is 1. The summed E-state index contributed by atoms with van der Waals surface area (Å²) in [6.07, 6.45) is 0.578. The molecule has 1 heterocycles. The minimum Gasteiger partial charge on any atom is -0.497 e. The molecule has 0 saturated carbocycles. The first kappa shape index (κ1) is 21.6. The predicted molar refractivity (Wildman–Crippen MR) is 123 cm³/mol. The summed E-state index contributed by atoms with van der Waals surface area (Å²) in [6, 6.07) is 23.3. The molecule has 3 aromatic carbocycles. The Morgan fingerprint density at radius 1 is 1.00 bits per heavy atom. The fraction of sp³-hybridized carbons (Fsp3) is 0.125. The minimum absolute atomic E-state index is 0.144. The lowest BCUT2D eigenvalue weighted by atomic mass is 10.1. The molecule has 1 aromatic heterocycles. The maximum atomic E-state index is 13.1. The van der Waals surface area contributed by atoms with Gasteiger partial charge in [0.2, 0.25) is 5.91 Å². The SMILES string of the molecule is COc1ccc(Cc2nnc(SCC(=O)Nc3ccc(F)cc3)n2-c2ccccc2)cc1.